The molecule has 0 saturated carbocycles. The second-order valence-corrected chi connectivity index (χ2v) is 7.83. The topological polar surface area (TPSA) is 85.8 Å². The Morgan fingerprint density at radius 2 is 2.11 bits per heavy atom. The first kappa shape index (κ1) is 20.9. The van der Waals surface area contributed by atoms with E-state index in [0.717, 1.165) is 53.7 Å². The van der Waals surface area contributed by atoms with Crippen molar-refractivity contribution >= 4 is 33.3 Å². The summed E-state index contributed by atoms with van der Waals surface area (Å²) in [5, 5.41) is 4.30. The molecule has 28 heavy (non-hydrogen) atoms. The number of methoxy groups -OCH3 is 1. The molecule has 0 bridgehead atoms. The summed E-state index contributed by atoms with van der Waals surface area (Å²) >= 11 is 1.36. The number of rotatable bonds is 8. The van der Waals surface area contributed by atoms with Crippen molar-refractivity contribution in [1.82, 2.24) is 14.9 Å². The molecule has 154 valence electrons. The van der Waals surface area contributed by atoms with Crippen LogP contribution < -0.4 is 5.32 Å². The molecule has 0 aliphatic carbocycles. The zero-order valence-electron chi connectivity index (χ0n) is 16.9. The van der Waals surface area contributed by atoms with Crippen molar-refractivity contribution < 1.29 is 19.0 Å². The summed E-state index contributed by atoms with van der Waals surface area (Å²) in [4.78, 5) is 25.5. The maximum Gasteiger partial charge on any atom is 0.348 e. The van der Waals surface area contributed by atoms with Crippen LogP contribution in [0.1, 0.15) is 34.9 Å². The highest BCUT2D eigenvalue weighted by molar-refractivity contribution is 7.20. The van der Waals surface area contributed by atoms with Crippen LogP contribution in [0.2, 0.25) is 0 Å². The highest BCUT2D eigenvalue weighted by Gasteiger charge is 2.23. The number of carbonyl (C=O) groups excluding carboxylic acids is 1. The number of hydrogen-bond acceptors (Lipinski definition) is 9. The molecule has 1 atom stereocenters. The van der Waals surface area contributed by atoms with Gasteiger partial charge in [0.1, 0.15) is 21.3 Å². The Morgan fingerprint density at radius 3 is 2.79 bits per heavy atom. The fourth-order valence-electron chi connectivity index (χ4n) is 3.23. The van der Waals surface area contributed by atoms with E-state index in [1.165, 1.54) is 11.3 Å². The molecule has 2 aromatic rings. The molecule has 2 aromatic heterocycles. The monoisotopic (exact) mass is 408 g/mol. The average Bonchev–Trinajstić information content (AvgIpc) is 3.00. The van der Waals surface area contributed by atoms with Gasteiger partial charge in [0.25, 0.3) is 0 Å². The van der Waals surface area contributed by atoms with Crippen LogP contribution in [0.25, 0.3) is 10.2 Å². The van der Waals surface area contributed by atoms with Gasteiger partial charge in [-0.1, -0.05) is 0 Å². The summed E-state index contributed by atoms with van der Waals surface area (Å²) in [6.45, 7) is 10.5. The van der Waals surface area contributed by atoms with Gasteiger partial charge in [-0.25, -0.2) is 14.8 Å². The zero-order valence-corrected chi connectivity index (χ0v) is 17.7. The minimum atomic E-state index is -0.311. The lowest BCUT2D eigenvalue weighted by molar-refractivity contribution is 0.0331. The van der Waals surface area contributed by atoms with E-state index < -0.39 is 0 Å². The third-order valence-corrected chi connectivity index (χ3v) is 5.73. The van der Waals surface area contributed by atoms with Gasteiger partial charge in [0.2, 0.25) is 0 Å². The molecule has 0 radical (unpaired) electrons. The maximum absolute atomic E-state index is 12.4. The van der Waals surface area contributed by atoms with Crippen molar-refractivity contribution in [2.45, 2.75) is 33.4 Å². The molecule has 9 heteroatoms. The molecule has 3 heterocycles. The van der Waals surface area contributed by atoms with E-state index >= 15 is 0 Å². The quantitative estimate of drug-likeness (QED) is 0.667. The molecule has 1 fully saturated rings. The number of nitrogens with zero attached hydrogens (tertiary/aromatic N) is 3. The van der Waals surface area contributed by atoms with Crippen molar-refractivity contribution in [3.63, 3.8) is 0 Å². The first-order chi connectivity index (χ1) is 13.5. The van der Waals surface area contributed by atoms with Gasteiger partial charge in [0, 0.05) is 26.2 Å². The van der Waals surface area contributed by atoms with Crippen LogP contribution in [-0.2, 0) is 20.8 Å². The number of aryl methyl sites for hydroxylation is 1. The molecular formula is C19H28N4O4S. The summed E-state index contributed by atoms with van der Waals surface area (Å²) in [7, 11) is 1.67. The Morgan fingerprint density at radius 1 is 1.36 bits per heavy atom. The molecule has 0 spiro atoms. The molecule has 1 aliphatic heterocycles. The first-order valence-electron chi connectivity index (χ1n) is 9.56. The third-order valence-electron chi connectivity index (χ3n) is 4.57. The highest BCUT2D eigenvalue weighted by atomic mass is 32.1. The second-order valence-electron chi connectivity index (χ2n) is 6.83. The Hall–Kier alpha value is -1.81. The van der Waals surface area contributed by atoms with Gasteiger partial charge in [-0.05, 0) is 26.3 Å². The lowest BCUT2D eigenvalue weighted by Gasteiger charge is -2.26. The molecular weight excluding hydrogens is 380 g/mol. The van der Waals surface area contributed by atoms with Crippen molar-refractivity contribution in [3.05, 3.63) is 16.3 Å². The number of carbonyl (C=O) groups is 1. The number of thiophene rings is 1. The molecule has 1 aliphatic rings. The molecule has 3 rings (SSSR count). The fraction of sp³-hybridized carbons (Fsp3) is 0.632. The zero-order chi connectivity index (χ0) is 20.1. The lowest BCUT2D eigenvalue weighted by Crippen LogP contribution is -2.36. The Labute approximate surface area is 169 Å². The number of esters is 1. The van der Waals surface area contributed by atoms with Gasteiger partial charge in [-0.15, -0.1) is 11.3 Å². The number of hydrogen-bond donors (Lipinski definition) is 1. The standard InChI is InChI=1S/C19H28N4O4S/c1-5-27-19(24)16-13(3)15-17(20-12(2)11-25-4)21-14(22-18(15)28-16)10-23-6-8-26-9-7-23/h12H,5-11H2,1-4H3,(H,20,21,22)/t12-/m0/s1. The van der Waals surface area contributed by atoms with Crippen molar-refractivity contribution in [2.75, 3.05) is 51.9 Å². The minimum absolute atomic E-state index is 0.0738. The number of ether oxygens (including phenoxy) is 3. The van der Waals surface area contributed by atoms with E-state index in [1.807, 2.05) is 13.8 Å². The predicted molar refractivity (Wildman–Crippen MR) is 109 cm³/mol. The van der Waals surface area contributed by atoms with E-state index in [-0.39, 0.29) is 12.0 Å². The number of nitrogens with one attached hydrogen (secondary N) is 1. The van der Waals surface area contributed by atoms with Crippen molar-refractivity contribution in [3.8, 4) is 0 Å². The van der Waals surface area contributed by atoms with E-state index in [9.17, 15) is 4.79 Å². The van der Waals surface area contributed by atoms with Crippen molar-refractivity contribution in [1.29, 1.82) is 0 Å². The number of fused-ring (bicyclic) bond motifs is 1. The molecule has 0 amide bonds. The Kier molecular flexibility index (Phi) is 7.17. The largest absolute Gasteiger partial charge is 0.462 e. The fourth-order valence-corrected chi connectivity index (χ4v) is 4.33. The van der Waals surface area contributed by atoms with Crippen LogP contribution in [-0.4, -0.2) is 73.5 Å². The first-order valence-corrected chi connectivity index (χ1v) is 10.4. The van der Waals surface area contributed by atoms with E-state index in [2.05, 4.69) is 10.2 Å². The Bertz CT molecular complexity index is 820. The van der Waals surface area contributed by atoms with Gasteiger partial charge in [0.05, 0.1) is 38.4 Å². The smallest absolute Gasteiger partial charge is 0.348 e. The highest BCUT2D eigenvalue weighted by Crippen LogP contribution is 2.34. The normalized spacial score (nSPS) is 16.3. The Balaban J connectivity index is 1.99. The molecule has 1 saturated heterocycles. The van der Waals surface area contributed by atoms with Gasteiger partial charge >= 0.3 is 5.97 Å². The van der Waals surface area contributed by atoms with Crippen LogP contribution in [0.15, 0.2) is 0 Å². The summed E-state index contributed by atoms with van der Waals surface area (Å²) in [5.41, 5.74) is 0.850. The average molecular weight is 409 g/mol. The summed E-state index contributed by atoms with van der Waals surface area (Å²) in [6.07, 6.45) is 0. The lowest BCUT2D eigenvalue weighted by atomic mass is 10.2. The predicted octanol–water partition coefficient (Wildman–Crippen LogP) is 2.46. The molecule has 8 nitrogen and oxygen atoms in total. The maximum atomic E-state index is 12.4. The number of anilines is 1. The van der Waals surface area contributed by atoms with E-state index in [1.54, 1.807) is 14.0 Å². The van der Waals surface area contributed by atoms with E-state index in [4.69, 9.17) is 24.2 Å². The van der Waals surface area contributed by atoms with Gasteiger partial charge in [0.15, 0.2) is 0 Å². The molecule has 0 aromatic carbocycles. The van der Waals surface area contributed by atoms with Crippen LogP contribution in [0, 0.1) is 6.92 Å². The van der Waals surface area contributed by atoms with Crippen LogP contribution in [0.4, 0.5) is 5.82 Å². The minimum Gasteiger partial charge on any atom is -0.462 e. The summed E-state index contributed by atoms with van der Waals surface area (Å²) < 4.78 is 15.9. The molecule has 1 N–H and O–H groups in total. The second kappa shape index (κ2) is 9.60. The van der Waals surface area contributed by atoms with Gasteiger partial charge < -0.3 is 19.5 Å². The summed E-state index contributed by atoms with van der Waals surface area (Å²) in [5.74, 6) is 1.16. The van der Waals surface area contributed by atoms with Crippen LogP contribution >= 0.6 is 11.3 Å². The van der Waals surface area contributed by atoms with Gasteiger partial charge in [-0.3, -0.25) is 4.90 Å². The van der Waals surface area contributed by atoms with Crippen molar-refractivity contribution in [2.24, 2.45) is 0 Å². The SMILES string of the molecule is CCOC(=O)c1sc2nc(CN3CCOCC3)nc(N[C@@H](C)COC)c2c1C. The van der Waals surface area contributed by atoms with Crippen LogP contribution in [0.3, 0.4) is 0 Å². The summed E-state index contributed by atoms with van der Waals surface area (Å²) in [6, 6.07) is 0.0738. The number of aromatic nitrogens is 2. The molecule has 0 unspecified atom stereocenters. The number of morpholine rings is 1. The van der Waals surface area contributed by atoms with Gasteiger partial charge in [-0.2, -0.15) is 0 Å². The third kappa shape index (κ3) is 4.78. The van der Waals surface area contributed by atoms with Crippen LogP contribution in [0.5, 0.6) is 0 Å². The van der Waals surface area contributed by atoms with E-state index in [0.29, 0.717) is 24.6 Å².